The van der Waals surface area contributed by atoms with E-state index in [0.29, 0.717) is 12.6 Å². The summed E-state index contributed by atoms with van der Waals surface area (Å²) in [4.78, 5) is 34.1. The summed E-state index contributed by atoms with van der Waals surface area (Å²) >= 11 is 0. The van der Waals surface area contributed by atoms with Gasteiger partial charge in [-0.1, -0.05) is 0 Å². The molecular weight excluding hydrogens is 292 g/mol. The van der Waals surface area contributed by atoms with Gasteiger partial charge in [-0.05, 0) is 18.9 Å². The number of nitro benzene ring substituents is 2. The van der Waals surface area contributed by atoms with Gasteiger partial charge in [0.15, 0.2) is 0 Å². The number of carbonyl (C=O) groups is 1. The predicted molar refractivity (Wildman–Crippen MR) is 76.5 cm³/mol. The Morgan fingerprint density at radius 2 is 1.91 bits per heavy atom. The number of nitro groups is 2. The predicted octanol–water partition coefficient (Wildman–Crippen LogP) is 1.68. The summed E-state index contributed by atoms with van der Waals surface area (Å²) < 4.78 is 0. The molecule has 9 nitrogen and oxygen atoms in total. The van der Waals surface area contributed by atoms with Crippen molar-refractivity contribution in [3.05, 3.63) is 38.4 Å². The molecule has 1 heterocycles. The van der Waals surface area contributed by atoms with Gasteiger partial charge in [0.2, 0.25) is 5.91 Å². The zero-order valence-corrected chi connectivity index (χ0v) is 11.6. The van der Waals surface area contributed by atoms with E-state index in [9.17, 15) is 25.0 Å². The third kappa shape index (κ3) is 2.69. The van der Waals surface area contributed by atoms with Crippen molar-refractivity contribution >= 4 is 23.0 Å². The Labute approximate surface area is 125 Å². The molecule has 116 valence electrons. The van der Waals surface area contributed by atoms with Gasteiger partial charge in [0, 0.05) is 25.1 Å². The van der Waals surface area contributed by atoms with Gasteiger partial charge in [-0.3, -0.25) is 25.0 Å². The fourth-order valence-corrected chi connectivity index (χ4v) is 2.69. The van der Waals surface area contributed by atoms with Crippen LogP contribution in [-0.4, -0.2) is 39.3 Å². The Hall–Kier alpha value is -2.71. The molecule has 1 atom stereocenters. The summed E-state index contributed by atoms with van der Waals surface area (Å²) in [6.45, 7) is 0.512. The van der Waals surface area contributed by atoms with Gasteiger partial charge in [-0.15, -0.1) is 0 Å². The molecule has 0 bridgehead atoms. The molecule has 0 aromatic heterocycles. The first-order valence-electron chi connectivity index (χ1n) is 6.94. The minimum Gasteiger partial charge on any atom is -0.374 e. The van der Waals surface area contributed by atoms with Gasteiger partial charge in [0.1, 0.15) is 5.69 Å². The number of non-ortho nitro benzene ring substituents is 1. The molecule has 1 aliphatic carbocycles. The molecule has 1 unspecified atom stereocenters. The highest BCUT2D eigenvalue weighted by atomic mass is 16.6. The van der Waals surface area contributed by atoms with E-state index in [1.807, 2.05) is 0 Å². The molecule has 1 aliphatic heterocycles. The molecule has 3 rings (SSSR count). The van der Waals surface area contributed by atoms with Crippen LogP contribution >= 0.6 is 0 Å². The molecule has 9 heteroatoms. The van der Waals surface area contributed by atoms with Crippen LogP contribution in [-0.2, 0) is 4.79 Å². The summed E-state index contributed by atoms with van der Waals surface area (Å²) in [6.07, 6.45) is 2.30. The highest BCUT2D eigenvalue weighted by Gasteiger charge is 2.39. The van der Waals surface area contributed by atoms with Crippen molar-refractivity contribution in [2.45, 2.75) is 31.3 Å². The minimum absolute atomic E-state index is 0.0459. The molecule has 1 aromatic carbocycles. The number of amides is 1. The molecule has 22 heavy (non-hydrogen) atoms. The lowest BCUT2D eigenvalue weighted by Gasteiger charge is -2.16. The van der Waals surface area contributed by atoms with Crippen molar-refractivity contribution in [3.8, 4) is 0 Å². The number of nitrogens with one attached hydrogen (secondary N) is 1. The number of hydrogen-bond acceptors (Lipinski definition) is 6. The Morgan fingerprint density at radius 3 is 2.50 bits per heavy atom. The maximum atomic E-state index is 11.9. The van der Waals surface area contributed by atoms with Gasteiger partial charge in [0.25, 0.3) is 11.4 Å². The van der Waals surface area contributed by atoms with Crippen LogP contribution in [0.4, 0.5) is 17.1 Å². The third-order valence-corrected chi connectivity index (χ3v) is 3.89. The molecule has 2 aliphatic rings. The second-order valence-corrected chi connectivity index (χ2v) is 5.54. The number of benzene rings is 1. The molecule has 0 spiro atoms. The smallest absolute Gasteiger partial charge is 0.299 e. The summed E-state index contributed by atoms with van der Waals surface area (Å²) in [5.41, 5.74) is -0.489. The van der Waals surface area contributed by atoms with Gasteiger partial charge in [0.05, 0.1) is 22.0 Å². The number of rotatable bonds is 5. The largest absolute Gasteiger partial charge is 0.374 e. The Bertz CT molecular complexity index is 658. The van der Waals surface area contributed by atoms with E-state index in [-0.39, 0.29) is 35.4 Å². The van der Waals surface area contributed by atoms with Crippen LogP contribution in [0.2, 0.25) is 0 Å². The maximum absolute atomic E-state index is 11.9. The Balaban J connectivity index is 1.78. The maximum Gasteiger partial charge on any atom is 0.299 e. The van der Waals surface area contributed by atoms with E-state index in [1.165, 1.54) is 12.1 Å². The van der Waals surface area contributed by atoms with Crippen molar-refractivity contribution in [2.75, 3.05) is 11.9 Å². The number of nitrogens with zero attached hydrogens (tertiary/aromatic N) is 3. The van der Waals surface area contributed by atoms with Crippen LogP contribution in [0.5, 0.6) is 0 Å². The first kappa shape index (κ1) is 14.2. The first-order chi connectivity index (χ1) is 10.5. The first-order valence-corrected chi connectivity index (χ1v) is 6.94. The number of hydrogen-bond donors (Lipinski definition) is 1. The van der Waals surface area contributed by atoms with Crippen LogP contribution in [0.3, 0.4) is 0 Å². The lowest BCUT2D eigenvalue weighted by atomic mass is 10.2. The molecule has 1 saturated carbocycles. The summed E-state index contributed by atoms with van der Waals surface area (Å²) in [5, 5.41) is 24.8. The van der Waals surface area contributed by atoms with Crippen LogP contribution in [0.15, 0.2) is 18.2 Å². The fourth-order valence-electron chi connectivity index (χ4n) is 2.69. The van der Waals surface area contributed by atoms with E-state index in [4.69, 9.17) is 0 Å². The van der Waals surface area contributed by atoms with E-state index in [1.54, 1.807) is 4.90 Å². The highest BCUT2D eigenvalue weighted by molar-refractivity contribution is 5.81. The number of likely N-dealkylation sites (tertiary alicyclic amines) is 1. The standard InChI is InChI=1S/C13H14N4O5/c18-13-5-8(7-15(13)9-1-2-9)14-11-4-3-10(16(19)20)6-12(11)17(21)22/h3-4,6,8-9,14H,1-2,5,7H2. The average Bonchev–Trinajstić information content (AvgIpc) is 3.23. The lowest BCUT2D eigenvalue weighted by molar-refractivity contribution is -0.393. The lowest BCUT2D eigenvalue weighted by Crippen LogP contribution is -2.29. The number of carbonyl (C=O) groups excluding carboxylic acids is 1. The number of anilines is 1. The van der Waals surface area contributed by atoms with E-state index < -0.39 is 9.85 Å². The van der Waals surface area contributed by atoms with Gasteiger partial charge in [-0.25, -0.2) is 0 Å². The fraction of sp³-hybridized carbons (Fsp3) is 0.462. The molecule has 2 fully saturated rings. The van der Waals surface area contributed by atoms with Crippen LogP contribution in [0.25, 0.3) is 0 Å². The highest BCUT2D eigenvalue weighted by Crippen LogP contribution is 2.34. The van der Waals surface area contributed by atoms with E-state index in [2.05, 4.69) is 5.32 Å². The zero-order valence-electron chi connectivity index (χ0n) is 11.6. The summed E-state index contributed by atoms with van der Waals surface area (Å²) in [5.74, 6) is 0.0459. The van der Waals surface area contributed by atoms with Crippen molar-refractivity contribution < 1.29 is 14.6 Å². The van der Waals surface area contributed by atoms with E-state index >= 15 is 0 Å². The van der Waals surface area contributed by atoms with Crippen molar-refractivity contribution in [1.82, 2.24) is 4.90 Å². The van der Waals surface area contributed by atoms with Gasteiger partial charge < -0.3 is 10.2 Å². The molecule has 1 amide bonds. The van der Waals surface area contributed by atoms with Gasteiger partial charge >= 0.3 is 0 Å². The van der Waals surface area contributed by atoms with Crippen molar-refractivity contribution in [1.29, 1.82) is 0 Å². The molecule has 0 radical (unpaired) electrons. The second-order valence-electron chi connectivity index (χ2n) is 5.54. The SMILES string of the molecule is O=C1CC(Nc2ccc([N+](=O)[O-])cc2[N+](=O)[O-])CN1C1CC1. The quantitative estimate of drug-likeness (QED) is 0.653. The van der Waals surface area contributed by atoms with Crippen LogP contribution in [0.1, 0.15) is 19.3 Å². The van der Waals surface area contributed by atoms with Crippen molar-refractivity contribution in [3.63, 3.8) is 0 Å². The van der Waals surface area contributed by atoms with Crippen molar-refractivity contribution in [2.24, 2.45) is 0 Å². The molecule has 1 saturated heterocycles. The molecule has 1 aromatic rings. The van der Waals surface area contributed by atoms with Crippen LogP contribution < -0.4 is 5.32 Å². The van der Waals surface area contributed by atoms with Crippen LogP contribution in [0, 0.1) is 20.2 Å². The average molecular weight is 306 g/mol. The Morgan fingerprint density at radius 1 is 1.18 bits per heavy atom. The monoisotopic (exact) mass is 306 g/mol. The summed E-state index contributed by atoms with van der Waals surface area (Å²) in [6, 6.07) is 3.56. The van der Waals surface area contributed by atoms with E-state index in [0.717, 1.165) is 18.9 Å². The Kier molecular flexibility index (Phi) is 3.39. The minimum atomic E-state index is -0.676. The molecule has 1 N–H and O–H groups in total. The second kappa shape index (κ2) is 5.24. The topological polar surface area (TPSA) is 119 Å². The zero-order chi connectivity index (χ0) is 15.9. The summed E-state index contributed by atoms with van der Waals surface area (Å²) in [7, 11) is 0. The third-order valence-electron chi connectivity index (χ3n) is 3.89. The van der Waals surface area contributed by atoms with Gasteiger partial charge in [-0.2, -0.15) is 0 Å². The molecular formula is C13H14N4O5. The normalized spacial score (nSPS) is 21.0.